The monoisotopic (exact) mass is 277 g/mol. The highest BCUT2D eigenvalue weighted by molar-refractivity contribution is 6.31. The fraction of sp³-hybridized carbons (Fsp3) is 0.250. The first-order chi connectivity index (χ1) is 9.08. The molecule has 0 aliphatic rings. The molecule has 0 fully saturated rings. The third-order valence-corrected chi connectivity index (χ3v) is 3.53. The lowest BCUT2D eigenvalue weighted by molar-refractivity contribution is 0.528. The molecular weight excluding hydrogens is 261 g/mol. The molecular formula is C16H17ClFN. The van der Waals surface area contributed by atoms with Crippen LogP contribution in [0.25, 0.3) is 0 Å². The molecule has 1 N–H and O–H groups in total. The van der Waals surface area contributed by atoms with Gasteiger partial charge in [0.2, 0.25) is 0 Å². The predicted molar refractivity (Wildman–Crippen MR) is 77.8 cm³/mol. The van der Waals surface area contributed by atoms with Crippen LogP contribution in [0.5, 0.6) is 0 Å². The number of aryl methyl sites for hydroxylation is 1. The van der Waals surface area contributed by atoms with Crippen molar-refractivity contribution in [2.75, 3.05) is 0 Å². The molecule has 0 saturated heterocycles. The van der Waals surface area contributed by atoms with Crippen molar-refractivity contribution in [2.24, 2.45) is 0 Å². The van der Waals surface area contributed by atoms with Crippen LogP contribution >= 0.6 is 11.6 Å². The van der Waals surface area contributed by atoms with Gasteiger partial charge in [-0.2, -0.15) is 0 Å². The Hall–Kier alpha value is -1.38. The Labute approximate surface area is 118 Å². The summed E-state index contributed by atoms with van der Waals surface area (Å²) in [5.74, 6) is -0.183. The average molecular weight is 278 g/mol. The Bertz CT molecular complexity index is 568. The minimum absolute atomic E-state index is 0.0569. The molecule has 0 aromatic heterocycles. The van der Waals surface area contributed by atoms with Crippen LogP contribution in [0.15, 0.2) is 42.5 Å². The summed E-state index contributed by atoms with van der Waals surface area (Å²) in [6, 6.07) is 12.7. The van der Waals surface area contributed by atoms with Crippen molar-refractivity contribution in [3.63, 3.8) is 0 Å². The molecule has 2 aromatic rings. The SMILES string of the molecule is Cc1ccc(CNC(C)c2ccccc2F)c(Cl)c1. The van der Waals surface area contributed by atoms with Crippen LogP contribution in [0.4, 0.5) is 4.39 Å². The maximum absolute atomic E-state index is 13.6. The predicted octanol–water partition coefficient (Wildman–Crippen LogP) is 4.64. The topological polar surface area (TPSA) is 12.0 Å². The molecule has 0 aliphatic heterocycles. The van der Waals surface area contributed by atoms with Gasteiger partial charge in [0.15, 0.2) is 0 Å². The van der Waals surface area contributed by atoms with E-state index >= 15 is 0 Å². The summed E-state index contributed by atoms with van der Waals surface area (Å²) < 4.78 is 13.6. The fourth-order valence-corrected chi connectivity index (χ4v) is 2.30. The first kappa shape index (κ1) is 14.0. The molecule has 2 aromatic carbocycles. The van der Waals surface area contributed by atoms with Crippen LogP contribution in [0.1, 0.15) is 29.7 Å². The van der Waals surface area contributed by atoms with E-state index in [0.29, 0.717) is 12.1 Å². The standard InChI is InChI=1S/C16H17ClFN/c1-11-7-8-13(15(17)9-11)10-19-12(2)14-5-3-4-6-16(14)18/h3-9,12,19H,10H2,1-2H3. The second-order valence-electron chi connectivity index (χ2n) is 4.72. The summed E-state index contributed by atoms with van der Waals surface area (Å²) in [6.45, 7) is 4.57. The van der Waals surface area contributed by atoms with Gasteiger partial charge < -0.3 is 5.32 Å². The van der Waals surface area contributed by atoms with Gasteiger partial charge in [-0.1, -0.05) is 41.9 Å². The Kier molecular flexibility index (Phi) is 4.56. The van der Waals surface area contributed by atoms with Crippen molar-refractivity contribution in [3.05, 3.63) is 70.0 Å². The molecule has 2 rings (SSSR count). The number of rotatable bonds is 4. The van der Waals surface area contributed by atoms with E-state index in [-0.39, 0.29) is 11.9 Å². The Balaban J connectivity index is 2.04. The van der Waals surface area contributed by atoms with Gasteiger partial charge in [-0.05, 0) is 37.1 Å². The minimum Gasteiger partial charge on any atom is -0.306 e. The molecule has 0 spiro atoms. The summed E-state index contributed by atoms with van der Waals surface area (Å²) in [6.07, 6.45) is 0. The molecule has 0 amide bonds. The highest BCUT2D eigenvalue weighted by Crippen LogP contribution is 2.20. The zero-order valence-electron chi connectivity index (χ0n) is 11.1. The Morgan fingerprint density at radius 1 is 1.21 bits per heavy atom. The molecule has 0 bridgehead atoms. The van der Waals surface area contributed by atoms with E-state index in [4.69, 9.17) is 11.6 Å². The first-order valence-corrected chi connectivity index (χ1v) is 6.68. The van der Waals surface area contributed by atoms with E-state index in [2.05, 4.69) is 5.32 Å². The molecule has 0 saturated carbocycles. The normalized spacial score (nSPS) is 12.4. The molecule has 19 heavy (non-hydrogen) atoms. The van der Waals surface area contributed by atoms with Crippen molar-refractivity contribution in [1.29, 1.82) is 0 Å². The van der Waals surface area contributed by atoms with Crippen LogP contribution in [0, 0.1) is 12.7 Å². The molecule has 3 heteroatoms. The van der Waals surface area contributed by atoms with Crippen molar-refractivity contribution in [1.82, 2.24) is 5.32 Å². The van der Waals surface area contributed by atoms with Crippen LogP contribution in [0.2, 0.25) is 5.02 Å². The number of nitrogens with one attached hydrogen (secondary N) is 1. The summed E-state index contributed by atoms with van der Waals surface area (Å²) in [5.41, 5.74) is 2.83. The largest absolute Gasteiger partial charge is 0.306 e. The molecule has 1 nitrogen and oxygen atoms in total. The van der Waals surface area contributed by atoms with Gasteiger partial charge >= 0.3 is 0 Å². The third-order valence-electron chi connectivity index (χ3n) is 3.18. The van der Waals surface area contributed by atoms with Gasteiger partial charge in [-0.25, -0.2) is 4.39 Å². The minimum atomic E-state index is -0.183. The zero-order chi connectivity index (χ0) is 13.8. The highest BCUT2D eigenvalue weighted by Gasteiger charge is 2.10. The summed E-state index contributed by atoms with van der Waals surface area (Å²) in [7, 11) is 0. The van der Waals surface area contributed by atoms with Gasteiger partial charge in [0, 0.05) is 23.2 Å². The average Bonchev–Trinajstić information content (AvgIpc) is 2.38. The van der Waals surface area contributed by atoms with Crippen molar-refractivity contribution in [2.45, 2.75) is 26.4 Å². The molecule has 0 radical (unpaired) electrons. The highest BCUT2D eigenvalue weighted by atomic mass is 35.5. The molecule has 0 heterocycles. The van der Waals surface area contributed by atoms with E-state index in [9.17, 15) is 4.39 Å². The fourth-order valence-electron chi connectivity index (χ4n) is 1.99. The van der Waals surface area contributed by atoms with Crippen molar-refractivity contribution < 1.29 is 4.39 Å². The zero-order valence-corrected chi connectivity index (χ0v) is 11.8. The summed E-state index contributed by atoms with van der Waals surface area (Å²) >= 11 is 6.18. The van der Waals surface area contributed by atoms with Gasteiger partial charge in [-0.15, -0.1) is 0 Å². The lowest BCUT2D eigenvalue weighted by Gasteiger charge is -2.15. The van der Waals surface area contributed by atoms with Gasteiger partial charge in [-0.3, -0.25) is 0 Å². The Morgan fingerprint density at radius 3 is 2.63 bits per heavy atom. The smallest absolute Gasteiger partial charge is 0.127 e. The lowest BCUT2D eigenvalue weighted by Crippen LogP contribution is -2.19. The summed E-state index contributed by atoms with van der Waals surface area (Å²) in [4.78, 5) is 0. The molecule has 0 aliphatic carbocycles. The van der Waals surface area contributed by atoms with Crippen LogP contribution in [-0.4, -0.2) is 0 Å². The van der Waals surface area contributed by atoms with Crippen LogP contribution < -0.4 is 5.32 Å². The maximum Gasteiger partial charge on any atom is 0.127 e. The molecule has 1 atom stereocenters. The van der Waals surface area contributed by atoms with Crippen molar-refractivity contribution >= 4 is 11.6 Å². The van der Waals surface area contributed by atoms with Gasteiger partial charge in [0.1, 0.15) is 5.82 Å². The van der Waals surface area contributed by atoms with E-state index in [0.717, 1.165) is 16.1 Å². The quantitative estimate of drug-likeness (QED) is 0.858. The van der Waals surface area contributed by atoms with Gasteiger partial charge in [0.25, 0.3) is 0 Å². The first-order valence-electron chi connectivity index (χ1n) is 6.31. The second kappa shape index (κ2) is 6.18. The van der Waals surface area contributed by atoms with E-state index < -0.39 is 0 Å². The Morgan fingerprint density at radius 2 is 1.95 bits per heavy atom. The summed E-state index contributed by atoms with van der Waals surface area (Å²) in [5, 5.41) is 4.04. The van der Waals surface area contributed by atoms with E-state index in [1.165, 1.54) is 6.07 Å². The number of halogens is 2. The number of hydrogen-bond donors (Lipinski definition) is 1. The lowest BCUT2D eigenvalue weighted by atomic mass is 10.1. The van der Waals surface area contributed by atoms with E-state index in [1.807, 2.05) is 38.1 Å². The molecule has 1 unspecified atom stereocenters. The number of benzene rings is 2. The van der Waals surface area contributed by atoms with E-state index in [1.54, 1.807) is 12.1 Å². The van der Waals surface area contributed by atoms with Gasteiger partial charge in [0.05, 0.1) is 0 Å². The van der Waals surface area contributed by atoms with Crippen molar-refractivity contribution in [3.8, 4) is 0 Å². The molecule has 100 valence electrons. The second-order valence-corrected chi connectivity index (χ2v) is 5.13. The van der Waals surface area contributed by atoms with Crippen LogP contribution in [-0.2, 0) is 6.54 Å². The van der Waals surface area contributed by atoms with Crippen LogP contribution in [0.3, 0.4) is 0 Å². The maximum atomic E-state index is 13.6. The number of hydrogen-bond acceptors (Lipinski definition) is 1. The third kappa shape index (κ3) is 3.55.